The number of hydrazone groups is 1. The summed E-state index contributed by atoms with van der Waals surface area (Å²) in [6, 6.07) is 24.2. The van der Waals surface area contributed by atoms with E-state index < -0.39 is 0 Å². The highest BCUT2D eigenvalue weighted by Gasteiger charge is 2.31. The van der Waals surface area contributed by atoms with Gasteiger partial charge in [0, 0.05) is 17.0 Å². The summed E-state index contributed by atoms with van der Waals surface area (Å²) in [7, 11) is 0. The molecule has 25 heavy (non-hydrogen) atoms. The van der Waals surface area contributed by atoms with Crippen LogP contribution in [0.4, 0.5) is 10.1 Å². The van der Waals surface area contributed by atoms with Crippen LogP contribution in [0.3, 0.4) is 0 Å². The van der Waals surface area contributed by atoms with Gasteiger partial charge in [-0.15, -0.1) is 0 Å². The number of halogens is 2. The van der Waals surface area contributed by atoms with Crippen molar-refractivity contribution in [2.45, 2.75) is 12.5 Å². The maximum atomic E-state index is 14.4. The smallest absolute Gasteiger partial charge is 0.128 e. The molecule has 1 atom stereocenters. The third kappa shape index (κ3) is 3.15. The van der Waals surface area contributed by atoms with E-state index in [4.69, 9.17) is 16.7 Å². The number of anilines is 1. The number of nitrogens with zero attached hydrogens (tertiary/aromatic N) is 2. The Morgan fingerprint density at radius 1 is 0.880 bits per heavy atom. The van der Waals surface area contributed by atoms with Crippen LogP contribution < -0.4 is 5.01 Å². The second-order valence-electron chi connectivity index (χ2n) is 5.98. The first kappa shape index (κ1) is 15.9. The van der Waals surface area contributed by atoms with Crippen LogP contribution in [0, 0.1) is 5.82 Å². The van der Waals surface area contributed by atoms with E-state index in [1.54, 1.807) is 6.07 Å². The third-order valence-corrected chi connectivity index (χ3v) is 4.62. The van der Waals surface area contributed by atoms with Gasteiger partial charge in [-0.25, -0.2) is 4.39 Å². The lowest BCUT2D eigenvalue weighted by molar-refractivity contribution is 0.579. The molecule has 0 fully saturated rings. The molecule has 0 spiro atoms. The molecule has 0 unspecified atom stereocenters. The second-order valence-corrected chi connectivity index (χ2v) is 6.41. The number of hydrogen-bond acceptors (Lipinski definition) is 2. The summed E-state index contributed by atoms with van der Waals surface area (Å²) in [5.41, 5.74) is 3.52. The van der Waals surface area contributed by atoms with Crippen molar-refractivity contribution in [1.29, 1.82) is 0 Å². The lowest BCUT2D eigenvalue weighted by Crippen LogP contribution is -2.19. The van der Waals surface area contributed by atoms with E-state index in [-0.39, 0.29) is 11.9 Å². The molecule has 0 bridgehead atoms. The van der Waals surface area contributed by atoms with E-state index in [1.165, 1.54) is 6.07 Å². The highest BCUT2D eigenvalue weighted by molar-refractivity contribution is 6.30. The van der Waals surface area contributed by atoms with Gasteiger partial charge in [0.15, 0.2) is 0 Å². The summed E-state index contributed by atoms with van der Waals surface area (Å²) < 4.78 is 14.4. The minimum atomic E-state index is -0.207. The standard InChI is InChI=1S/C21H16ClFN2/c22-16-12-10-15(11-13-16)20-14-21(18-8-4-5-9-19(18)23)25(24-20)17-6-2-1-3-7-17/h1-13,21H,14H2/t21-/m0/s1. The predicted octanol–water partition coefficient (Wildman–Crippen LogP) is 5.83. The Bertz CT molecular complexity index is 907. The zero-order valence-electron chi connectivity index (χ0n) is 13.4. The molecule has 0 N–H and O–H groups in total. The minimum absolute atomic E-state index is 0.172. The van der Waals surface area contributed by atoms with Gasteiger partial charge in [-0.05, 0) is 35.9 Å². The Hall–Kier alpha value is -2.65. The van der Waals surface area contributed by atoms with Crippen molar-refractivity contribution in [2.75, 3.05) is 5.01 Å². The summed E-state index contributed by atoms with van der Waals surface area (Å²) in [6.07, 6.45) is 0.636. The van der Waals surface area contributed by atoms with Gasteiger partial charge in [0.05, 0.1) is 17.4 Å². The molecule has 0 radical (unpaired) electrons. The van der Waals surface area contributed by atoms with E-state index in [0.29, 0.717) is 17.0 Å². The van der Waals surface area contributed by atoms with Crippen LogP contribution in [0.15, 0.2) is 84.0 Å². The highest BCUT2D eigenvalue weighted by Crippen LogP contribution is 2.37. The van der Waals surface area contributed by atoms with Gasteiger partial charge in [0.25, 0.3) is 0 Å². The zero-order valence-corrected chi connectivity index (χ0v) is 14.2. The van der Waals surface area contributed by atoms with E-state index >= 15 is 0 Å². The Kier molecular flexibility index (Phi) is 4.24. The number of benzene rings is 3. The Labute approximate surface area is 151 Å². The Balaban J connectivity index is 1.77. The molecule has 1 aliphatic rings. The molecule has 2 nitrogen and oxygen atoms in total. The molecule has 0 amide bonds. The normalized spacial score (nSPS) is 16.8. The van der Waals surface area contributed by atoms with Gasteiger partial charge in [0.1, 0.15) is 5.82 Å². The zero-order chi connectivity index (χ0) is 17.2. The van der Waals surface area contributed by atoms with Crippen LogP contribution >= 0.6 is 11.6 Å². The summed E-state index contributed by atoms with van der Waals surface area (Å²) in [5, 5.41) is 7.39. The van der Waals surface area contributed by atoms with E-state index in [9.17, 15) is 4.39 Å². The molecule has 1 aliphatic heterocycles. The molecular formula is C21H16ClFN2. The lowest BCUT2D eigenvalue weighted by atomic mass is 9.98. The molecule has 0 aromatic heterocycles. The quantitative estimate of drug-likeness (QED) is 0.579. The molecule has 3 aromatic carbocycles. The average molecular weight is 351 g/mol. The Morgan fingerprint density at radius 2 is 1.56 bits per heavy atom. The first-order chi connectivity index (χ1) is 12.2. The SMILES string of the molecule is Fc1ccccc1[C@@H]1CC(c2ccc(Cl)cc2)=NN1c1ccccc1. The molecule has 0 saturated heterocycles. The van der Waals surface area contributed by atoms with Crippen molar-refractivity contribution in [3.8, 4) is 0 Å². The number of rotatable bonds is 3. The van der Waals surface area contributed by atoms with Crippen molar-refractivity contribution in [3.63, 3.8) is 0 Å². The monoisotopic (exact) mass is 350 g/mol. The predicted molar refractivity (Wildman–Crippen MR) is 101 cm³/mol. The van der Waals surface area contributed by atoms with Crippen molar-refractivity contribution < 1.29 is 4.39 Å². The molecule has 1 heterocycles. The van der Waals surface area contributed by atoms with Gasteiger partial charge >= 0.3 is 0 Å². The Morgan fingerprint density at radius 3 is 2.28 bits per heavy atom. The van der Waals surface area contributed by atoms with Crippen LogP contribution in [0.5, 0.6) is 0 Å². The lowest BCUT2D eigenvalue weighted by Gasteiger charge is -2.24. The van der Waals surface area contributed by atoms with Gasteiger partial charge in [0.2, 0.25) is 0 Å². The number of para-hydroxylation sites is 1. The fourth-order valence-electron chi connectivity index (χ4n) is 3.13. The molecule has 4 rings (SSSR count). The van der Waals surface area contributed by atoms with Gasteiger partial charge in [-0.3, -0.25) is 5.01 Å². The summed E-state index contributed by atoms with van der Waals surface area (Å²) in [4.78, 5) is 0. The molecular weight excluding hydrogens is 335 g/mol. The topological polar surface area (TPSA) is 15.6 Å². The van der Waals surface area contributed by atoms with Crippen LogP contribution in [-0.2, 0) is 0 Å². The largest absolute Gasteiger partial charge is 0.257 e. The summed E-state index contributed by atoms with van der Waals surface area (Å²) in [5.74, 6) is -0.207. The molecule has 4 heteroatoms. The molecule has 0 aliphatic carbocycles. The summed E-state index contributed by atoms with van der Waals surface area (Å²) in [6.45, 7) is 0. The van der Waals surface area contributed by atoms with Crippen molar-refractivity contribution in [3.05, 3.63) is 101 Å². The van der Waals surface area contributed by atoms with Crippen LogP contribution in [0.2, 0.25) is 5.02 Å². The fraction of sp³-hybridized carbons (Fsp3) is 0.0952. The summed E-state index contributed by atoms with van der Waals surface area (Å²) >= 11 is 5.99. The van der Waals surface area contributed by atoms with Crippen molar-refractivity contribution in [1.82, 2.24) is 0 Å². The number of hydrogen-bond donors (Lipinski definition) is 0. The first-order valence-corrected chi connectivity index (χ1v) is 8.52. The minimum Gasteiger partial charge on any atom is -0.257 e. The van der Waals surface area contributed by atoms with E-state index in [1.807, 2.05) is 71.7 Å². The molecule has 3 aromatic rings. The van der Waals surface area contributed by atoms with E-state index in [0.717, 1.165) is 17.0 Å². The molecule has 124 valence electrons. The highest BCUT2D eigenvalue weighted by atomic mass is 35.5. The van der Waals surface area contributed by atoms with Crippen molar-refractivity contribution >= 4 is 23.0 Å². The van der Waals surface area contributed by atoms with Crippen LogP contribution in [0.1, 0.15) is 23.6 Å². The third-order valence-electron chi connectivity index (χ3n) is 4.37. The van der Waals surface area contributed by atoms with Gasteiger partial charge in [-0.2, -0.15) is 5.10 Å². The fourth-order valence-corrected chi connectivity index (χ4v) is 3.26. The van der Waals surface area contributed by atoms with Gasteiger partial charge < -0.3 is 0 Å². The van der Waals surface area contributed by atoms with Crippen LogP contribution in [-0.4, -0.2) is 5.71 Å². The molecule has 0 saturated carbocycles. The second kappa shape index (κ2) is 6.69. The van der Waals surface area contributed by atoms with Crippen LogP contribution in [0.25, 0.3) is 0 Å². The van der Waals surface area contributed by atoms with E-state index in [2.05, 4.69) is 0 Å². The van der Waals surface area contributed by atoms with Gasteiger partial charge in [-0.1, -0.05) is 60.1 Å². The van der Waals surface area contributed by atoms with Crippen molar-refractivity contribution in [2.24, 2.45) is 5.10 Å². The first-order valence-electron chi connectivity index (χ1n) is 8.14. The average Bonchev–Trinajstić information content (AvgIpc) is 3.08. The maximum Gasteiger partial charge on any atom is 0.128 e. The maximum absolute atomic E-state index is 14.4.